The molecule has 0 radical (unpaired) electrons. The smallest absolute Gasteiger partial charge is 0.224 e. The average Bonchev–Trinajstić information content (AvgIpc) is 1.84. The fourth-order valence-electron chi connectivity index (χ4n) is 1.10. The lowest BCUT2D eigenvalue weighted by molar-refractivity contribution is -0.144. The molecule has 0 aromatic heterocycles. The molecule has 1 unspecified atom stereocenters. The third-order valence-electron chi connectivity index (χ3n) is 1.69. The van der Waals surface area contributed by atoms with E-state index < -0.39 is 0 Å². The van der Waals surface area contributed by atoms with Crippen LogP contribution in [-0.2, 0) is 4.79 Å². The van der Waals surface area contributed by atoms with Crippen LogP contribution in [0.5, 0.6) is 0 Å². The molecule has 1 aliphatic heterocycles. The van der Waals surface area contributed by atoms with Crippen LogP contribution in [0.4, 0.5) is 0 Å². The molecule has 1 atom stereocenters. The molecule has 3 heteroatoms. The minimum absolute atomic E-state index is 0.243. The van der Waals surface area contributed by atoms with Gasteiger partial charge in [0.2, 0.25) is 5.91 Å². The van der Waals surface area contributed by atoms with Crippen molar-refractivity contribution in [3.8, 4) is 0 Å². The molecule has 0 aliphatic carbocycles. The van der Waals surface area contributed by atoms with Crippen molar-refractivity contribution in [2.24, 2.45) is 5.73 Å². The molecule has 3 nitrogen and oxygen atoms in total. The Bertz CT molecular complexity index is 124. The first-order chi connectivity index (χ1) is 4.25. The number of amides is 1. The lowest BCUT2D eigenvalue weighted by Crippen LogP contribution is -2.52. The van der Waals surface area contributed by atoms with Crippen LogP contribution in [0.2, 0.25) is 0 Å². The summed E-state index contributed by atoms with van der Waals surface area (Å²) in [7, 11) is 0. The molecule has 1 aliphatic rings. The molecule has 1 rings (SSSR count). The van der Waals surface area contributed by atoms with Crippen LogP contribution in [0.1, 0.15) is 13.3 Å². The van der Waals surface area contributed by atoms with E-state index in [1.165, 1.54) is 0 Å². The molecule has 0 spiro atoms. The van der Waals surface area contributed by atoms with E-state index in [2.05, 4.69) is 0 Å². The van der Waals surface area contributed by atoms with Crippen LogP contribution in [0, 0.1) is 0 Å². The largest absolute Gasteiger partial charge is 0.338 e. The summed E-state index contributed by atoms with van der Waals surface area (Å²) in [5, 5.41) is 0. The Labute approximate surface area is 54.8 Å². The predicted octanol–water partition coefficient (Wildman–Crippen LogP) is -0.434. The van der Waals surface area contributed by atoms with Crippen molar-refractivity contribution < 1.29 is 4.79 Å². The molecule has 0 saturated carbocycles. The van der Waals surface area contributed by atoms with Gasteiger partial charge in [-0.2, -0.15) is 0 Å². The molecule has 2 N–H and O–H groups in total. The number of hydrogen-bond donors (Lipinski definition) is 1. The van der Waals surface area contributed by atoms with Crippen LogP contribution in [0.15, 0.2) is 0 Å². The number of nitrogens with two attached hydrogens (primary N) is 1. The van der Waals surface area contributed by atoms with Crippen molar-refractivity contribution >= 4 is 5.91 Å². The lowest BCUT2D eigenvalue weighted by atomic mass is 10.1. The number of likely N-dealkylation sites (tertiary alicyclic amines) is 1. The van der Waals surface area contributed by atoms with Gasteiger partial charge in [0.25, 0.3) is 0 Å². The van der Waals surface area contributed by atoms with Crippen LogP contribution in [0.3, 0.4) is 0 Å². The predicted molar refractivity (Wildman–Crippen MR) is 34.8 cm³/mol. The van der Waals surface area contributed by atoms with E-state index in [-0.39, 0.29) is 5.91 Å². The van der Waals surface area contributed by atoms with E-state index in [4.69, 9.17) is 5.73 Å². The van der Waals surface area contributed by atoms with E-state index in [9.17, 15) is 4.79 Å². The molecular weight excluding hydrogens is 116 g/mol. The van der Waals surface area contributed by atoms with Gasteiger partial charge in [-0.25, -0.2) is 0 Å². The normalized spacial score (nSPS) is 26.2. The fraction of sp³-hybridized carbons (Fsp3) is 0.833. The van der Waals surface area contributed by atoms with Crippen LogP contribution in [0.25, 0.3) is 0 Å². The maximum atomic E-state index is 10.7. The zero-order valence-corrected chi connectivity index (χ0v) is 5.63. The Morgan fingerprint density at radius 2 is 2.56 bits per heavy atom. The van der Waals surface area contributed by atoms with Gasteiger partial charge in [-0.1, -0.05) is 0 Å². The fourth-order valence-corrected chi connectivity index (χ4v) is 1.10. The zero-order valence-electron chi connectivity index (χ0n) is 5.63. The Hall–Kier alpha value is -0.570. The molecule has 0 aromatic rings. The summed E-state index contributed by atoms with van der Waals surface area (Å²) in [6, 6.07) is 0.432. The first-order valence-corrected chi connectivity index (χ1v) is 3.25. The van der Waals surface area contributed by atoms with Crippen molar-refractivity contribution in [3.05, 3.63) is 0 Å². The van der Waals surface area contributed by atoms with E-state index in [0.29, 0.717) is 19.0 Å². The number of nitrogens with zero attached hydrogens (tertiary/aromatic N) is 1. The molecule has 1 heterocycles. The van der Waals surface area contributed by atoms with Gasteiger partial charge in [-0.15, -0.1) is 0 Å². The summed E-state index contributed by atoms with van der Waals surface area (Å²) in [4.78, 5) is 12.5. The monoisotopic (exact) mass is 128 g/mol. The van der Waals surface area contributed by atoms with Crippen LogP contribution >= 0.6 is 0 Å². The van der Waals surface area contributed by atoms with E-state index in [0.717, 1.165) is 6.54 Å². The van der Waals surface area contributed by atoms with Crippen molar-refractivity contribution in [1.82, 2.24) is 4.90 Å². The van der Waals surface area contributed by atoms with Crippen molar-refractivity contribution in [2.75, 3.05) is 13.1 Å². The summed E-state index contributed by atoms with van der Waals surface area (Å²) in [5.74, 6) is 0.243. The number of rotatable bonds is 2. The highest BCUT2D eigenvalue weighted by Crippen LogP contribution is 2.16. The van der Waals surface area contributed by atoms with E-state index in [1.54, 1.807) is 4.90 Å². The first kappa shape index (κ1) is 6.55. The summed E-state index contributed by atoms with van der Waals surface area (Å²) < 4.78 is 0. The highest BCUT2D eigenvalue weighted by molar-refractivity contribution is 5.82. The van der Waals surface area contributed by atoms with Gasteiger partial charge >= 0.3 is 0 Å². The number of hydrogen-bond acceptors (Lipinski definition) is 2. The second-order valence-corrected chi connectivity index (χ2v) is 2.43. The van der Waals surface area contributed by atoms with Gasteiger partial charge in [-0.3, -0.25) is 4.79 Å². The SMILES string of the molecule is CC1CC(=O)N1CCN. The highest BCUT2D eigenvalue weighted by Gasteiger charge is 2.30. The third-order valence-corrected chi connectivity index (χ3v) is 1.69. The molecule has 0 aromatic carbocycles. The Morgan fingerprint density at radius 3 is 2.78 bits per heavy atom. The Morgan fingerprint density at radius 1 is 1.89 bits per heavy atom. The van der Waals surface area contributed by atoms with Crippen molar-refractivity contribution in [1.29, 1.82) is 0 Å². The molecule has 52 valence electrons. The second kappa shape index (κ2) is 2.35. The summed E-state index contributed by atoms with van der Waals surface area (Å²) in [6.45, 7) is 3.34. The van der Waals surface area contributed by atoms with Crippen molar-refractivity contribution in [2.45, 2.75) is 19.4 Å². The third kappa shape index (κ3) is 1.05. The summed E-state index contributed by atoms with van der Waals surface area (Å²) >= 11 is 0. The molecule has 1 fully saturated rings. The second-order valence-electron chi connectivity index (χ2n) is 2.43. The Balaban J connectivity index is 2.30. The van der Waals surface area contributed by atoms with E-state index >= 15 is 0 Å². The summed E-state index contributed by atoms with van der Waals surface area (Å²) in [6.07, 6.45) is 0.708. The topological polar surface area (TPSA) is 46.3 Å². The molecule has 1 amide bonds. The molecule has 1 saturated heterocycles. The molecule has 0 bridgehead atoms. The van der Waals surface area contributed by atoms with Crippen LogP contribution in [-0.4, -0.2) is 29.9 Å². The minimum Gasteiger partial charge on any atom is -0.338 e. The van der Waals surface area contributed by atoms with Gasteiger partial charge in [0.05, 0.1) is 0 Å². The number of β-lactam (4-membered cyclic amide) rings is 1. The standard InChI is InChI=1S/C6H12N2O/c1-5-4-6(9)8(5)3-2-7/h5H,2-4,7H2,1H3. The Kier molecular flexibility index (Phi) is 1.71. The van der Waals surface area contributed by atoms with E-state index in [1.807, 2.05) is 6.92 Å². The van der Waals surface area contributed by atoms with Gasteiger partial charge in [-0.05, 0) is 6.92 Å². The van der Waals surface area contributed by atoms with Crippen molar-refractivity contribution in [3.63, 3.8) is 0 Å². The maximum absolute atomic E-state index is 10.7. The van der Waals surface area contributed by atoms with Gasteiger partial charge in [0, 0.05) is 25.6 Å². The van der Waals surface area contributed by atoms with Gasteiger partial charge in [0.1, 0.15) is 0 Å². The van der Waals surface area contributed by atoms with Crippen LogP contribution < -0.4 is 5.73 Å². The molecule has 9 heavy (non-hydrogen) atoms. The maximum Gasteiger partial charge on any atom is 0.224 e. The zero-order chi connectivity index (χ0) is 6.85. The number of carbonyl (C=O) groups excluding carboxylic acids is 1. The quantitative estimate of drug-likeness (QED) is 0.513. The lowest BCUT2D eigenvalue weighted by Gasteiger charge is -2.37. The van der Waals surface area contributed by atoms with Gasteiger partial charge in [0.15, 0.2) is 0 Å². The number of carbonyl (C=O) groups is 1. The van der Waals surface area contributed by atoms with Gasteiger partial charge < -0.3 is 10.6 Å². The first-order valence-electron chi connectivity index (χ1n) is 3.25. The average molecular weight is 128 g/mol. The minimum atomic E-state index is 0.243. The molecular formula is C6H12N2O. The highest BCUT2D eigenvalue weighted by atomic mass is 16.2. The summed E-state index contributed by atoms with van der Waals surface area (Å²) in [5.41, 5.74) is 5.27.